The number of carbonyl (C=O) groups excluding carboxylic acids is 2. The molecule has 0 bridgehead atoms. The summed E-state index contributed by atoms with van der Waals surface area (Å²) < 4.78 is 5.14. The van der Waals surface area contributed by atoms with E-state index in [-0.39, 0.29) is 18.4 Å². The molecule has 0 spiro atoms. The lowest BCUT2D eigenvalue weighted by atomic mass is 10.1. The fraction of sp³-hybridized carbons (Fsp3) is 0.200. The number of carbonyl (C=O) groups is 2. The number of hydrogen-bond donors (Lipinski definition) is 2. The van der Waals surface area contributed by atoms with Gasteiger partial charge in [0.25, 0.3) is 5.91 Å². The molecule has 5 nitrogen and oxygen atoms in total. The number of alkyl halides is 1. The van der Waals surface area contributed by atoms with Gasteiger partial charge in [-0.1, -0.05) is 12.1 Å². The van der Waals surface area contributed by atoms with E-state index in [2.05, 4.69) is 10.6 Å². The minimum Gasteiger partial charge on any atom is -0.467 e. The average Bonchev–Trinajstić information content (AvgIpc) is 2.98. The molecule has 2 N–H and O–H groups in total. The molecule has 0 aliphatic rings. The fourth-order valence-electron chi connectivity index (χ4n) is 1.70. The van der Waals surface area contributed by atoms with Gasteiger partial charge in [0.2, 0.25) is 5.91 Å². The third-order valence-electron chi connectivity index (χ3n) is 2.79. The Kier molecular flexibility index (Phi) is 5.00. The molecule has 110 valence electrons. The van der Waals surface area contributed by atoms with Gasteiger partial charge >= 0.3 is 0 Å². The molecule has 1 aromatic carbocycles. The van der Waals surface area contributed by atoms with Crippen LogP contribution in [-0.2, 0) is 11.3 Å². The average molecular weight is 307 g/mol. The molecule has 0 aliphatic heterocycles. The van der Waals surface area contributed by atoms with E-state index in [0.717, 1.165) is 0 Å². The summed E-state index contributed by atoms with van der Waals surface area (Å²) in [4.78, 5) is 23.8. The summed E-state index contributed by atoms with van der Waals surface area (Å²) in [6.07, 6.45) is 1.54. The van der Waals surface area contributed by atoms with Gasteiger partial charge in [-0.05, 0) is 31.2 Å². The molecule has 0 saturated heterocycles. The van der Waals surface area contributed by atoms with E-state index in [1.165, 1.54) is 6.26 Å². The van der Waals surface area contributed by atoms with E-state index in [1.54, 1.807) is 43.3 Å². The Morgan fingerprint density at radius 2 is 2.00 bits per heavy atom. The summed E-state index contributed by atoms with van der Waals surface area (Å²) in [5.41, 5.74) is 0.793. The van der Waals surface area contributed by atoms with E-state index in [0.29, 0.717) is 17.0 Å². The van der Waals surface area contributed by atoms with Crippen LogP contribution in [0.25, 0.3) is 0 Å². The number of halogens is 1. The zero-order valence-electron chi connectivity index (χ0n) is 11.4. The van der Waals surface area contributed by atoms with Crippen molar-refractivity contribution in [2.75, 3.05) is 5.32 Å². The van der Waals surface area contributed by atoms with Crippen LogP contribution < -0.4 is 10.6 Å². The second-order valence-corrected chi connectivity index (χ2v) is 5.07. The maximum atomic E-state index is 12.2. The highest BCUT2D eigenvalue weighted by Gasteiger charge is 2.15. The first-order valence-electron chi connectivity index (χ1n) is 6.42. The summed E-state index contributed by atoms with van der Waals surface area (Å²) in [5.74, 6) is -0.00766. The van der Waals surface area contributed by atoms with Crippen LogP contribution in [0.5, 0.6) is 0 Å². The van der Waals surface area contributed by atoms with Gasteiger partial charge < -0.3 is 15.1 Å². The standard InChI is InChI=1S/C15H15ClN2O3/c1-10(16)14(19)18-13-7-3-2-6-12(13)15(20)17-9-11-5-4-8-21-11/h2-8,10H,9H2,1H3,(H,17,20)(H,18,19)/t10-/m1/s1. The molecule has 2 amide bonds. The number of rotatable bonds is 5. The third-order valence-corrected chi connectivity index (χ3v) is 2.99. The Morgan fingerprint density at radius 1 is 1.24 bits per heavy atom. The first kappa shape index (κ1) is 15.1. The summed E-state index contributed by atoms with van der Waals surface area (Å²) in [6, 6.07) is 10.3. The number of hydrogen-bond acceptors (Lipinski definition) is 3. The highest BCUT2D eigenvalue weighted by molar-refractivity contribution is 6.32. The summed E-state index contributed by atoms with van der Waals surface area (Å²) in [6.45, 7) is 1.84. The van der Waals surface area contributed by atoms with Crippen molar-refractivity contribution in [2.24, 2.45) is 0 Å². The minimum absolute atomic E-state index is 0.278. The molecule has 0 fully saturated rings. The molecule has 0 saturated carbocycles. The quantitative estimate of drug-likeness (QED) is 0.834. The van der Waals surface area contributed by atoms with E-state index < -0.39 is 5.38 Å². The normalized spacial score (nSPS) is 11.7. The van der Waals surface area contributed by atoms with Crippen LogP contribution in [0.4, 0.5) is 5.69 Å². The predicted molar refractivity (Wildman–Crippen MR) is 80.3 cm³/mol. The molecule has 1 atom stereocenters. The van der Waals surface area contributed by atoms with Crippen LogP contribution in [0, 0.1) is 0 Å². The molecular weight excluding hydrogens is 292 g/mol. The number of amides is 2. The lowest BCUT2D eigenvalue weighted by molar-refractivity contribution is -0.115. The zero-order valence-corrected chi connectivity index (χ0v) is 12.2. The van der Waals surface area contributed by atoms with Crippen molar-refractivity contribution in [3.63, 3.8) is 0 Å². The largest absolute Gasteiger partial charge is 0.467 e. The van der Waals surface area contributed by atoms with Gasteiger partial charge in [-0.15, -0.1) is 11.6 Å². The molecule has 2 aromatic rings. The lowest BCUT2D eigenvalue weighted by Crippen LogP contribution is -2.26. The van der Waals surface area contributed by atoms with Crippen LogP contribution in [0.2, 0.25) is 0 Å². The topological polar surface area (TPSA) is 71.3 Å². The summed E-state index contributed by atoms with van der Waals surface area (Å²) in [7, 11) is 0. The van der Waals surface area contributed by atoms with Crippen molar-refractivity contribution in [1.82, 2.24) is 5.32 Å². The predicted octanol–water partition coefficient (Wildman–Crippen LogP) is 2.78. The second-order valence-electron chi connectivity index (χ2n) is 4.41. The maximum Gasteiger partial charge on any atom is 0.253 e. The zero-order chi connectivity index (χ0) is 15.2. The van der Waals surface area contributed by atoms with Gasteiger partial charge in [0.05, 0.1) is 24.1 Å². The monoisotopic (exact) mass is 306 g/mol. The van der Waals surface area contributed by atoms with Crippen molar-refractivity contribution in [2.45, 2.75) is 18.8 Å². The molecule has 0 aliphatic carbocycles. The van der Waals surface area contributed by atoms with Crippen LogP contribution in [-0.4, -0.2) is 17.2 Å². The Labute approximate surface area is 127 Å². The maximum absolute atomic E-state index is 12.2. The van der Waals surface area contributed by atoms with Crippen molar-refractivity contribution in [1.29, 1.82) is 0 Å². The fourth-order valence-corrected chi connectivity index (χ4v) is 1.75. The highest BCUT2D eigenvalue weighted by Crippen LogP contribution is 2.16. The molecule has 0 radical (unpaired) electrons. The van der Waals surface area contributed by atoms with Crippen LogP contribution in [0.3, 0.4) is 0 Å². The smallest absolute Gasteiger partial charge is 0.253 e. The second kappa shape index (κ2) is 6.95. The van der Waals surface area contributed by atoms with Gasteiger partial charge in [0.15, 0.2) is 0 Å². The van der Waals surface area contributed by atoms with Crippen LogP contribution >= 0.6 is 11.6 Å². The van der Waals surface area contributed by atoms with Crippen molar-refractivity contribution in [3.8, 4) is 0 Å². The van der Waals surface area contributed by atoms with Crippen molar-refractivity contribution >= 4 is 29.1 Å². The number of anilines is 1. The Morgan fingerprint density at radius 3 is 2.67 bits per heavy atom. The highest BCUT2D eigenvalue weighted by atomic mass is 35.5. The summed E-state index contributed by atoms with van der Waals surface area (Å²) >= 11 is 5.71. The number of nitrogens with one attached hydrogen (secondary N) is 2. The van der Waals surface area contributed by atoms with E-state index in [4.69, 9.17) is 16.0 Å². The molecule has 2 rings (SSSR count). The summed E-state index contributed by atoms with van der Waals surface area (Å²) in [5, 5.41) is 4.68. The van der Waals surface area contributed by atoms with Gasteiger partial charge in [-0.2, -0.15) is 0 Å². The molecular formula is C15H15ClN2O3. The number of benzene rings is 1. The Bertz CT molecular complexity index is 624. The molecule has 21 heavy (non-hydrogen) atoms. The lowest BCUT2D eigenvalue weighted by Gasteiger charge is -2.11. The first-order chi connectivity index (χ1) is 10.1. The Balaban J connectivity index is 2.08. The minimum atomic E-state index is -0.677. The first-order valence-corrected chi connectivity index (χ1v) is 6.86. The van der Waals surface area contributed by atoms with Crippen molar-refractivity contribution < 1.29 is 14.0 Å². The van der Waals surface area contributed by atoms with E-state index in [1.807, 2.05) is 0 Å². The third kappa shape index (κ3) is 4.10. The van der Waals surface area contributed by atoms with Gasteiger partial charge in [-0.3, -0.25) is 9.59 Å². The molecule has 1 heterocycles. The Hall–Kier alpha value is -2.27. The van der Waals surface area contributed by atoms with Gasteiger partial charge in [0, 0.05) is 0 Å². The van der Waals surface area contributed by atoms with E-state index >= 15 is 0 Å². The molecule has 0 unspecified atom stereocenters. The van der Waals surface area contributed by atoms with Crippen LogP contribution in [0.15, 0.2) is 47.1 Å². The van der Waals surface area contributed by atoms with Crippen molar-refractivity contribution in [3.05, 3.63) is 54.0 Å². The van der Waals surface area contributed by atoms with E-state index in [9.17, 15) is 9.59 Å². The van der Waals surface area contributed by atoms with Crippen LogP contribution in [0.1, 0.15) is 23.0 Å². The van der Waals surface area contributed by atoms with Gasteiger partial charge in [-0.25, -0.2) is 0 Å². The SMILES string of the molecule is C[C@@H](Cl)C(=O)Nc1ccccc1C(=O)NCc1ccco1. The molecule has 6 heteroatoms. The van der Waals surface area contributed by atoms with Gasteiger partial charge in [0.1, 0.15) is 11.1 Å². The number of para-hydroxylation sites is 1. The molecule has 1 aromatic heterocycles. The number of furan rings is 1.